The highest BCUT2D eigenvalue weighted by molar-refractivity contribution is 5.87. The quantitative estimate of drug-likeness (QED) is 0.531. The third-order valence-electron chi connectivity index (χ3n) is 8.16. The Morgan fingerprint density at radius 1 is 1.12 bits per heavy atom. The number of ketones is 1. The van der Waals surface area contributed by atoms with Crippen molar-refractivity contribution in [3.8, 4) is 0 Å². The van der Waals surface area contributed by atoms with Crippen molar-refractivity contribution < 1.29 is 14.3 Å². The van der Waals surface area contributed by atoms with Gasteiger partial charge in [0, 0.05) is 18.8 Å². The predicted molar refractivity (Wildman–Crippen MR) is 92.2 cm³/mol. The fourth-order valence-corrected chi connectivity index (χ4v) is 6.70. The number of esters is 1. The van der Waals surface area contributed by atoms with Crippen molar-refractivity contribution in [3.05, 3.63) is 12.2 Å². The summed E-state index contributed by atoms with van der Waals surface area (Å²) in [7, 11) is 0. The Hall–Kier alpha value is -1.12. The van der Waals surface area contributed by atoms with E-state index in [1.807, 2.05) is 0 Å². The lowest BCUT2D eigenvalue weighted by molar-refractivity contribution is -0.152. The fraction of sp³-hybridized carbons (Fsp3) is 0.810. The number of carbonyl (C=O) groups excluding carboxylic acids is 2. The maximum Gasteiger partial charge on any atom is 0.302 e. The summed E-state index contributed by atoms with van der Waals surface area (Å²) >= 11 is 0. The Kier molecular flexibility index (Phi) is 3.71. The molecule has 3 fully saturated rings. The average molecular weight is 330 g/mol. The van der Waals surface area contributed by atoms with Crippen LogP contribution in [0.2, 0.25) is 0 Å². The van der Waals surface area contributed by atoms with Gasteiger partial charge in [-0.05, 0) is 67.6 Å². The second-order valence-corrected chi connectivity index (χ2v) is 9.21. The van der Waals surface area contributed by atoms with E-state index in [0.717, 1.165) is 38.5 Å². The Balaban J connectivity index is 1.60. The molecule has 0 aliphatic heterocycles. The molecular weight excluding hydrogens is 300 g/mol. The number of Topliss-reactive ketones (excluding diaryl/α,β-unsaturated/α-hetero) is 1. The van der Waals surface area contributed by atoms with Gasteiger partial charge in [-0.2, -0.15) is 0 Å². The smallest absolute Gasteiger partial charge is 0.302 e. The number of rotatable bonds is 1. The zero-order valence-electron chi connectivity index (χ0n) is 15.2. The number of carbonyl (C=O) groups is 2. The molecule has 7 atom stereocenters. The Labute approximate surface area is 145 Å². The molecule has 0 spiro atoms. The Morgan fingerprint density at radius 3 is 2.67 bits per heavy atom. The van der Waals surface area contributed by atoms with Gasteiger partial charge in [-0.3, -0.25) is 9.59 Å². The van der Waals surface area contributed by atoms with Crippen molar-refractivity contribution in [1.29, 1.82) is 0 Å². The molecule has 0 bridgehead atoms. The summed E-state index contributed by atoms with van der Waals surface area (Å²) in [5.41, 5.74) is 0.243. The Bertz CT molecular complexity index is 594. The van der Waals surface area contributed by atoms with E-state index >= 15 is 0 Å². The highest BCUT2D eigenvalue weighted by Crippen LogP contribution is 2.63. The minimum absolute atomic E-state index is 0.0658. The first-order chi connectivity index (χ1) is 11.3. The van der Waals surface area contributed by atoms with Crippen LogP contribution in [0.15, 0.2) is 12.2 Å². The second kappa shape index (κ2) is 5.44. The first kappa shape index (κ1) is 16.4. The summed E-state index contributed by atoms with van der Waals surface area (Å²) in [5.74, 6) is 2.67. The van der Waals surface area contributed by atoms with Gasteiger partial charge in [0.15, 0.2) is 0 Å². The normalized spacial score (nSPS) is 50.0. The van der Waals surface area contributed by atoms with Crippen molar-refractivity contribution in [2.24, 2.45) is 34.5 Å². The zero-order valence-corrected chi connectivity index (χ0v) is 15.2. The lowest BCUT2D eigenvalue weighted by Crippen LogP contribution is -2.52. The molecule has 3 saturated carbocycles. The maximum absolute atomic E-state index is 12.4. The summed E-state index contributed by atoms with van der Waals surface area (Å²) in [4.78, 5) is 23.7. The summed E-state index contributed by atoms with van der Waals surface area (Å²) in [6, 6.07) is 0. The van der Waals surface area contributed by atoms with Crippen LogP contribution in [0.3, 0.4) is 0 Å². The van der Waals surface area contributed by atoms with Crippen LogP contribution in [0.1, 0.15) is 65.7 Å². The van der Waals surface area contributed by atoms with Gasteiger partial charge in [0.2, 0.25) is 0 Å². The molecule has 4 aliphatic carbocycles. The van der Waals surface area contributed by atoms with Gasteiger partial charge in [0.05, 0.1) is 0 Å². The molecule has 132 valence electrons. The van der Waals surface area contributed by atoms with E-state index in [4.69, 9.17) is 4.74 Å². The molecule has 0 amide bonds. The molecule has 3 heteroatoms. The number of hydrogen-bond acceptors (Lipinski definition) is 3. The van der Waals surface area contributed by atoms with Gasteiger partial charge in [0.1, 0.15) is 11.9 Å². The van der Waals surface area contributed by atoms with E-state index in [9.17, 15) is 9.59 Å². The minimum Gasteiger partial charge on any atom is -0.463 e. The van der Waals surface area contributed by atoms with Crippen molar-refractivity contribution in [1.82, 2.24) is 0 Å². The highest BCUT2D eigenvalue weighted by Gasteiger charge is 2.59. The average Bonchev–Trinajstić information content (AvgIpc) is 2.83. The summed E-state index contributed by atoms with van der Waals surface area (Å²) < 4.78 is 5.50. The van der Waals surface area contributed by atoms with E-state index in [2.05, 4.69) is 26.0 Å². The van der Waals surface area contributed by atoms with Crippen LogP contribution >= 0.6 is 0 Å². The lowest BCUT2D eigenvalue weighted by Gasteiger charge is -2.57. The molecule has 3 nitrogen and oxygen atoms in total. The van der Waals surface area contributed by atoms with Crippen LogP contribution < -0.4 is 0 Å². The molecule has 0 aromatic carbocycles. The van der Waals surface area contributed by atoms with Crippen LogP contribution in [-0.4, -0.2) is 17.9 Å². The van der Waals surface area contributed by atoms with Crippen LogP contribution in [0.5, 0.6) is 0 Å². The fourth-order valence-electron chi connectivity index (χ4n) is 6.70. The molecule has 0 radical (unpaired) electrons. The van der Waals surface area contributed by atoms with Crippen molar-refractivity contribution in [2.45, 2.75) is 71.8 Å². The van der Waals surface area contributed by atoms with Gasteiger partial charge in [-0.15, -0.1) is 0 Å². The largest absolute Gasteiger partial charge is 0.463 e. The lowest BCUT2D eigenvalue weighted by atomic mass is 9.47. The molecule has 0 aromatic heterocycles. The monoisotopic (exact) mass is 330 g/mol. The van der Waals surface area contributed by atoms with Crippen LogP contribution in [0.4, 0.5) is 0 Å². The van der Waals surface area contributed by atoms with Crippen molar-refractivity contribution in [3.63, 3.8) is 0 Å². The van der Waals surface area contributed by atoms with Gasteiger partial charge in [-0.1, -0.05) is 26.0 Å². The zero-order chi connectivity index (χ0) is 17.1. The molecule has 4 rings (SSSR count). The molecular formula is C21H30O3. The van der Waals surface area contributed by atoms with Crippen LogP contribution in [0, 0.1) is 34.5 Å². The number of fused-ring (bicyclic) bond motifs is 5. The maximum atomic E-state index is 12.4. The van der Waals surface area contributed by atoms with Gasteiger partial charge >= 0.3 is 5.97 Å². The SMILES string of the molecule is CC(=O)OC1CC[C@@]2(C)C(C=C[C@@H]3[C@H]2CC[C@]2(C)C(=O)CC[C@@H]32)C1. The first-order valence-corrected chi connectivity index (χ1v) is 9.73. The summed E-state index contributed by atoms with van der Waals surface area (Å²) in [6.07, 6.45) is 12.1. The van der Waals surface area contributed by atoms with Crippen LogP contribution in [-0.2, 0) is 14.3 Å². The van der Waals surface area contributed by atoms with Gasteiger partial charge in [0.25, 0.3) is 0 Å². The summed E-state index contributed by atoms with van der Waals surface area (Å²) in [6.45, 7) is 6.20. The van der Waals surface area contributed by atoms with Crippen molar-refractivity contribution in [2.75, 3.05) is 0 Å². The number of hydrogen-bond donors (Lipinski definition) is 0. The van der Waals surface area contributed by atoms with Gasteiger partial charge in [-0.25, -0.2) is 0 Å². The molecule has 4 aliphatic rings. The predicted octanol–water partition coefficient (Wildman–Crippen LogP) is 4.31. The molecule has 0 saturated heterocycles. The number of allylic oxidation sites excluding steroid dienone is 2. The number of ether oxygens (including phenoxy) is 1. The van der Waals surface area contributed by atoms with E-state index in [-0.39, 0.29) is 17.5 Å². The summed E-state index contributed by atoms with van der Waals surface area (Å²) in [5, 5.41) is 0. The van der Waals surface area contributed by atoms with E-state index in [0.29, 0.717) is 34.9 Å². The second-order valence-electron chi connectivity index (χ2n) is 9.21. The molecule has 0 N–H and O–H groups in total. The third-order valence-corrected chi connectivity index (χ3v) is 8.16. The first-order valence-electron chi connectivity index (χ1n) is 9.73. The van der Waals surface area contributed by atoms with E-state index in [1.165, 1.54) is 13.3 Å². The topological polar surface area (TPSA) is 43.4 Å². The third kappa shape index (κ3) is 2.23. The van der Waals surface area contributed by atoms with Crippen molar-refractivity contribution >= 4 is 11.8 Å². The van der Waals surface area contributed by atoms with E-state index in [1.54, 1.807) is 0 Å². The van der Waals surface area contributed by atoms with Crippen LogP contribution in [0.25, 0.3) is 0 Å². The van der Waals surface area contributed by atoms with E-state index < -0.39 is 0 Å². The minimum atomic E-state index is -0.154. The molecule has 2 unspecified atom stereocenters. The highest BCUT2D eigenvalue weighted by atomic mass is 16.5. The molecule has 0 aromatic rings. The van der Waals surface area contributed by atoms with Gasteiger partial charge < -0.3 is 4.74 Å². The molecule has 24 heavy (non-hydrogen) atoms. The standard InChI is InChI=1S/C21H30O3/c1-13(22)24-15-8-10-20(2)14(12-15)4-5-16-17-6-7-19(23)21(17,3)11-9-18(16)20/h4-5,14-18H,6-12H2,1-3H3/t14?,15?,16-,17-,18+,20-,21-/m0/s1. The molecule has 0 heterocycles. The Morgan fingerprint density at radius 2 is 1.92 bits per heavy atom.